The summed E-state index contributed by atoms with van der Waals surface area (Å²) in [5.41, 5.74) is 7.54. The molecule has 2 unspecified atom stereocenters. The molecule has 0 saturated heterocycles. The number of thiophene rings is 1. The Labute approximate surface area is 102 Å². The van der Waals surface area contributed by atoms with Crippen LogP contribution in [0.25, 0.3) is 0 Å². The van der Waals surface area contributed by atoms with Gasteiger partial charge in [-0.15, -0.1) is 0 Å². The molecule has 0 radical (unpaired) electrons. The van der Waals surface area contributed by atoms with E-state index in [1.807, 2.05) is 0 Å². The van der Waals surface area contributed by atoms with Crippen LogP contribution in [0.2, 0.25) is 0 Å². The molecule has 1 aliphatic rings. The van der Waals surface area contributed by atoms with Gasteiger partial charge in [-0.3, -0.25) is 4.90 Å². The summed E-state index contributed by atoms with van der Waals surface area (Å²) in [7, 11) is 2.24. The lowest BCUT2D eigenvalue weighted by atomic mass is 10.0. The number of hydrogen-bond acceptors (Lipinski definition) is 3. The lowest BCUT2D eigenvalue weighted by molar-refractivity contribution is 0.157. The molecule has 0 aliphatic heterocycles. The minimum absolute atomic E-state index is 0.195. The molecule has 16 heavy (non-hydrogen) atoms. The van der Waals surface area contributed by atoms with E-state index in [2.05, 4.69) is 35.7 Å². The summed E-state index contributed by atoms with van der Waals surface area (Å²) >= 11 is 1.76. The van der Waals surface area contributed by atoms with Crippen LogP contribution in [-0.2, 0) is 0 Å². The van der Waals surface area contributed by atoms with E-state index in [9.17, 15) is 0 Å². The molecule has 1 fully saturated rings. The highest BCUT2D eigenvalue weighted by Crippen LogP contribution is 2.31. The van der Waals surface area contributed by atoms with E-state index in [-0.39, 0.29) is 6.04 Å². The smallest absolute Gasteiger partial charge is 0.0504 e. The van der Waals surface area contributed by atoms with Gasteiger partial charge in [-0.1, -0.05) is 12.8 Å². The normalized spacial score (nSPS) is 21.5. The lowest BCUT2D eigenvalue weighted by Gasteiger charge is -2.35. The molecule has 0 bridgehead atoms. The van der Waals surface area contributed by atoms with Gasteiger partial charge in [-0.25, -0.2) is 0 Å². The Hall–Kier alpha value is -0.380. The maximum Gasteiger partial charge on any atom is 0.0504 e. The van der Waals surface area contributed by atoms with Crippen LogP contribution in [-0.4, -0.2) is 24.0 Å². The Morgan fingerprint density at radius 2 is 2.12 bits per heavy atom. The van der Waals surface area contributed by atoms with Crippen molar-refractivity contribution in [3.8, 4) is 0 Å². The second kappa shape index (κ2) is 5.30. The van der Waals surface area contributed by atoms with Crippen LogP contribution in [0, 0.1) is 0 Å². The molecule has 0 amide bonds. The van der Waals surface area contributed by atoms with E-state index in [1.54, 1.807) is 11.3 Å². The predicted molar refractivity (Wildman–Crippen MR) is 70.7 cm³/mol. The first kappa shape index (κ1) is 12.1. The van der Waals surface area contributed by atoms with Crippen molar-refractivity contribution in [1.82, 2.24) is 4.90 Å². The summed E-state index contributed by atoms with van der Waals surface area (Å²) in [5, 5.41) is 4.38. The standard InChI is InChI=1S/C13H22N2S/c1-10(14)13(11-7-8-16-9-11)15(2)12-5-3-4-6-12/h7-10,12-13H,3-6,14H2,1-2H3. The molecular weight excluding hydrogens is 216 g/mol. The van der Waals surface area contributed by atoms with Gasteiger partial charge in [0.2, 0.25) is 0 Å². The molecule has 1 heterocycles. The van der Waals surface area contributed by atoms with Crippen molar-refractivity contribution in [2.24, 2.45) is 5.73 Å². The number of nitrogens with two attached hydrogens (primary N) is 1. The van der Waals surface area contributed by atoms with Crippen molar-refractivity contribution >= 4 is 11.3 Å². The number of rotatable bonds is 4. The summed E-state index contributed by atoms with van der Waals surface area (Å²) in [4.78, 5) is 2.50. The summed E-state index contributed by atoms with van der Waals surface area (Å²) in [5.74, 6) is 0. The van der Waals surface area contributed by atoms with E-state index in [0.29, 0.717) is 6.04 Å². The fourth-order valence-electron chi connectivity index (χ4n) is 2.89. The summed E-state index contributed by atoms with van der Waals surface area (Å²) in [6.45, 7) is 2.12. The van der Waals surface area contributed by atoms with Crippen LogP contribution in [0.15, 0.2) is 16.8 Å². The molecule has 0 spiro atoms. The molecule has 3 heteroatoms. The van der Waals surface area contributed by atoms with Gasteiger partial charge in [0, 0.05) is 12.1 Å². The van der Waals surface area contributed by atoms with Gasteiger partial charge in [0.05, 0.1) is 6.04 Å². The van der Waals surface area contributed by atoms with Crippen molar-refractivity contribution in [2.75, 3.05) is 7.05 Å². The Balaban J connectivity index is 2.12. The van der Waals surface area contributed by atoms with Gasteiger partial charge >= 0.3 is 0 Å². The molecule has 2 nitrogen and oxygen atoms in total. The molecule has 0 aromatic carbocycles. The van der Waals surface area contributed by atoms with E-state index in [4.69, 9.17) is 5.73 Å². The predicted octanol–water partition coefficient (Wildman–Crippen LogP) is 3.01. The molecular formula is C13H22N2S. The first-order chi connectivity index (χ1) is 7.70. The van der Waals surface area contributed by atoms with Crippen LogP contribution >= 0.6 is 11.3 Å². The maximum absolute atomic E-state index is 6.16. The minimum Gasteiger partial charge on any atom is -0.326 e. The van der Waals surface area contributed by atoms with Gasteiger partial charge in [0.1, 0.15) is 0 Å². The molecule has 1 aliphatic carbocycles. The van der Waals surface area contributed by atoms with E-state index in [1.165, 1.54) is 31.2 Å². The van der Waals surface area contributed by atoms with Crippen LogP contribution < -0.4 is 5.73 Å². The monoisotopic (exact) mass is 238 g/mol. The van der Waals surface area contributed by atoms with E-state index < -0.39 is 0 Å². The number of likely N-dealkylation sites (N-methyl/N-ethyl adjacent to an activating group) is 1. The summed E-state index contributed by atoms with van der Waals surface area (Å²) < 4.78 is 0. The van der Waals surface area contributed by atoms with Crippen molar-refractivity contribution in [3.05, 3.63) is 22.4 Å². The highest BCUT2D eigenvalue weighted by molar-refractivity contribution is 7.07. The van der Waals surface area contributed by atoms with Crippen LogP contribution in [0.3, 0.4) is 0 Å². The fraction of sp³-hybridized carbons (Fsp3) is 0.692. The van der Waals surface area contributed by atoms with Gasteiger partial charge in [-0.05, 0) is 49.2 Å². The van der Waals surface area contributed by atoms with Crippen LogP contribution in [0.4, 0.5) is 0 Å². The van der Waals surface area contributed by atoms with Gasteiger partial charge in [0.15, 0.2) is 0 Å². The largest absolute Gasteiger partial charge is 0.326 e. The zero-order chi connectivity index (χ0) is 11.5. The average molecular weight is 238 g/mol. The maximum atomic E-state index is 6.16. The SMILES string of the molecule is CC(N)C(c1ccsc1)N(C)C1CCCC1. The molecule has 1 aromatic heterocycles. The zero-order valence-corrected chi connectivity index (χ0v) is 11.0. The van der Waals surface area contributed by atoms with Crippen LogP contribution in [0.5, 0.6) is 0 Å². The van der Waals surface area contributed by atoms with Gasteiger partial charge < -0.3 is 5.73 Å². The Bertz CT molecular complexity index is 302. The zero-order valence-electron chi connectivity index (χ0n) is 10.2. The second-order valence-corrected chi connectivity index (χ2v) is 5.74. The Morgan fingerprint density at radius 1 is 1.44 bits per heavy atom. The average Bonchev–Trinajstić information content (AvgIpc) is 2.89. The van der Waals surface area contributed by atoms with E-state index in [0.717, 1.165) is 6.04 Å². The molecule has 1 aromatic rings. The Morgan fingerprint density at radius 3 is 2.62 bits per heavy atom. The van der Waals surface area contributed by atoms with Crippen molar-refractivity contribution in [3.63, 3.8) is 0 Å². The number of hydrogen-bond donors (Lipinski definition) is 1. The first-order valence-electron chi connectivity index (χ1n) is 6.19. The van der Waals surface area contributed by atoms with Gasteiger partial charge in [0.25, 0.3) is 0 Å². The first-order valence-corrected chi connectivity index (χ1v) is 7.14. The van der Waals surface area contributed by atoms with Crippen molar-refractivity contribution < 1.29 is 0 Å². The number of nitrogens with zero attached hydrogens (tertiary/aromatic N) is 1. The quantitative estimate of drug-likeness (QED) is 0.873. The third-order valence-corrected chi connectivity index (χ3v) is 4.42. The molecule has 90 valence electrons. The third kappa shape index (κ3) is 2.47. The second-order valence-electron chi connectivity index (χ2n) is 4.96. The van der Waals surface area contributed by atoms with Gasteiger partial charge in [-0.2, -0.15) is 11.3 Å². The highest BCUT2D eigenvalue weighted by Gasteiger charge is 2.28. The topological polar surface area (TPSA) is 29.3 Å². The van der Waals surface area contributed by atoms with Crippen molar-refractivity contribution in [1.29, 1.82) is 0 Å². The van der Waals surface area contributed by atoms with E-state index >= 15 is 0 Å². The fourth-order valence-corrected chi connectivity index (χ4v) is 3.58. The summed E-state index contributed by atoms with van der Waals surface area (Å²) in [6.07, 6.45) is 5.43. The van der Waals surface area contributed by atoms with Crippen LogP contribution in [0.1, 0.15) is 44.2 Å². The lowest BCUT2D eigenvalue weighted by Crippen LogP contribution is -2.41. The third-order valence-electron chi connectivity index (χ3n) is 3.72. The molecule has 2 N–H and O–H groups in total. The van der Waals surface area contributed by atoms with Crippen molar-refractivity contribution in [2.45, 2.75) is 50.7 Å². The molecule has 2 rings (SSSR count). The molecule has 1 saturated carbocycles. The molecule has 2 atom stereocenters. The summed E-state index contributed by atoms with van der Waals surface area (Å²) in [6, 6.07) is 3.52. The highest BCUT2D eigenvalue weighted by atomic mass is 32.1. The minimum atomic E-state index is 0.195. The Kier molecular flexibility index (Phi) is 4.00.